The molecule has 9 heteroatoms. The van der Waals surface area contributed by atoms with Gasteiger partial charge in [0.15, 0.2) is 0 Å². The molecular formula is C20H19ClN2O5S. The number of nitrogens with zero attached hydrogens (tertiary/aromatic N) is 2. The maximum atomic E-state index is 13.0. The summed E-state index contributed by atoms with van der Waals surface area (Å²) in [6.45, 7) is 0.842. The first-order valence-electron chi connectivity index (χ1n) is 9.04. The van der Waals surface area contributed by atoms with Crippen LogP contribution < -0.4 is 0 Å². The summed E-state index contributed by atoms with van der Waals surface area (Å²) in [4.78, 5) is 31.3. The Morgan fingerprint density at radius 3 is 2.31 bits per heavy atom. The van der Waals surface area contributed by atoms with Crippen LogP contribution in [0.15, 0.2) is 64.6 Å². The van der Waals surface area contributed by atoms with E-state index in [-0.39, 0.29) is 10.5 Å². The number of oxime groups is 1. The molecule has 2 aromatic rings. The molecule has 7 nitrogen and oxygen atoms in total. The zero-order chi connectivity index (χ0) is 20.9. The van der Waals surface area contributed by atoms with Gasteiger partial charge in [-0.25, -0.2) is 13.2 Å². The Hall–Kier alpha value is -2.71. The van der Waals surface area contributed by atoms with Crippen molar-refractivity contribution in [3.63, 3.8) is 0 Å². The monoisotopic (exact) mass is 434 g/mol. The Kier molecular flexibility index (Phi) is 6.66. The Balaban J connectivity index is 1.94. The van der Waals surface area contributed by atoms with Crippen LogP contribution in [0.2, 0.25) is 5.02 Å². The lowest BCUT2D eigenvalue weighted by Crippen LogP contribution is -2.43. The molecule has 1 fully saturated rings. The van der Waals surface area contributed by atoms with E-state index in [2.05, 4.69) is 5.16 Å². The first kappa shape index (κ1) is 21.0. The summed E-state index contributed by atoms with van der Waals surface area (Å²) >= 11 is 5.86. The number of amides is 1. The van der Waals surface area contributed by atoms with E-state index in [1.54, 1.807) is 18.2 Å². The number of benzene rings is 2. The summed E-state index contributed by atoms with van der Waals surface area (Å²) in [5.41, 5.74) is 0.0862. The van der Waals surface area contributed by atoms with Gasteiger partial charge in [0.2, 0.25) is 9.84 Å². The van der Waals surface area contributed by atoms with Gasteiger partial charge in [-0.1, -0.05) is 41.0 Å². The summed E-state index contributed by atoms with van der Waals surface area (Å²) in [7, 11) is -4.28. The fourth-order valence-corrected chi connectivity index (χ4v) is 4.32. The topological polar surface area (TPSA) is 93.1 Å². The molecular weight excluding hydrogens is 416 g/mol. The number of hydrogen-bond donors (Lipinski definition) is 0. The lowest BCUT2D eigenvalue weighted by atomic mass is 10.1. The fraction of sp³-hybridized carbons (Fsp3) is 0.250. The molecule has 0 radical (unpaired) electrons. The van der Waals surface area contributed by atoms with Crippen molar-refractivity contribution in [3.8, 4) is 0 Å². The van der Waals surface area contributed by atoms with Crippen molar-refractivity contribution in [1.29, 1.82) is 0 Å². The van der Waals surface area contributed by atoms with Crippen LogP contribution in [0.1, 0.15) is 29.6 Å². The first-order valence-corrected chi connectivity index (χ1v) is 10.9. The third-order valence-corrected chi connectivity index (χ3v) is 6.29. The molecule has 0 aliphatic carbocycles. The van der Waals surface area contributed by atoms with Crippen LogP contribution in [0.5, 0.6) is 0 Å². The minimum atomic E-state index is -4.28. The number of sulfone groups is 1. The highest BCUT2D eigenvalue weighted by molar-refractivity contribution is 8.08. The van der Waals surface area contributed by atoms with E-state index in [9.17, 15) is 18.0 Å². The second-order valence-corrected chi connectivity index (χ2v) is 8.76. The Bertz CT molecular complexity index is 1030. The summed E-state index contributed by atoms with van der Waals surface area (Å²) in [6, 6.07) is 13.4. The van der Waals surface area contributed by atoms with Gasteiger partial charge in [0.25, 0.3) is 11.0 Å². The number of carbonyl (C=O) groups excluding carboxylic acids is 2. The van der Waals surface area contributed by atoms with Crippen molar-refractivity contribution < 1.29 is 22.8 Å². The zero-order valence-corrected chi connectivity index (χ0v) is 17.0. The molecule has 1 aliphatic rings. The predicted octanol–water partition coefficient (Wildman–Crippen LogP) is 3.30. The Labute approximate surface area is 173 Å². The van der Waals surface area contributed by atoms with E-state index >= 15 is 0 Å². The van der Waals surface area contributed by atoms with E-state index < -0.39 is 26.8 Å². The predicted molar refractivity (Wildman–Crippen MR) is 108 cm³/mol. The molecule has 0 atom stereocenters. The van der Waals surface area contributed by atoms with Gasteiger partial charge in [-0.05, 0) is 49.6 Å². The highest BCUT2D eigenvalue weighted by Crippen LogP contribution is 2.18. The third kappa shape index (κ3) is 5.02. The van der Waals surface area contributed by atoms with Gasteiger partial charge in [0.1, 0.15) is 0 Å². The summed E-state index contributed by atoms with van der Waals surface area (Å²) < 4.78 is 26.1. The van der Waals surface area contributed by atoms with Crippen LogP contribution in [-0.2, 0) is 19.5 Å². The number of hydrogen-bond acceptors (Lipinski definition) is 6. The maximum Gasteiger partial charge on any atom is 0.365 e. The van der Waals surface area contributed by atoms with Gasteiger partial charge in [-0.15, -0.1) is 0 Å². The molecule has 0 aromatic heterocycles. The minimum absolute atomic E-state index is 0.0862. The fourth-order valence-electron chi connectivity index (χ4n) is 2.90. The van der Waals surface area contributed by atoms with E-state index in [1.165, 1.54) is 41.3 Å². The molecule has 152 valence electrons. The van der Waals surface area contributed by atoms with Crippen LogP contribution in [0.4, 0.5) is 0 Å². The number of halogens is 1. The van der Waals surface area contributed by atoms with Crippen LogP contribution in [0, 0.1) is 0 Å². The van der Waals surface area contributed by atoms with Gasteiger partial charge < -0.3 is 9.74 Å². The largest absolute Gasteiger partial charge is 0.365 e. The molecule has 3 rings (SSSR count). The molecule has 1 aliphatic heterocycles. The summed E-state index contributed by atoms with van der Waals surface area (Å²) in [6.07, 6.45) is 2.50. The van der Waals surface area contributed by atoms with Crippen molar-refractivity contribution >= 4 is 38.4 Å². The first-order chi connectivity index (χ1) is 13.9. The zero-order valence-electron chi connectivity index (χ0n) is 15.5. The third-order valence-electron chi connectivity index (χ3n) is 4.41. The van der Waals surface area contributed by atoms with E-state index in [1.807, 2.05) is 0 Å². The lowest BCUT2D eigenvalue weighted by molar-refractivity contribution is -0.124. The normalized spacial score (nSPS) is 15.1. The van der Waals surface area contributed by atoms with Gasteiger partial charge in [-0.2, -0.15) is 0 Å². The highest BCUT2D eigenvalue weighted by atomic mass is 35.5. The molecule has 0 spiro atoms. The van der Waals surface area contributed by atoms with E-state index in [0.29, 0.717) is 18.1 Å². The average molecular weight is 435 g/mol. The van der Waals surface area contributed by atoms with Crippen LogP contribution in [0.3, 0.4) is 0 Å². The molecule has 1 heterocycles. The average Bonchev–Trinajstić information content (AvgIpc) is 2.74. The molecule has 1 saturated heterocycles. The molecule has 0 saturated carbocycles. The number of likely N-dealkylation sites (tertiary alicyclic amines) is 1. The smallest absolute Gasteiger partial charge is 0.337 e. The van der Waals surface area contributed by atoms with Crippen molar-refractivity contribution in [2.75, 3.05) is 13.1 Å². The summed E-state index contributed by atoms with van der Waals surface area (Å²) in [5.74, 6) is -1.70. The van der Waals surface area contributed by atoms with Crippen LogP contribution in [-0.4, -0.2) is 43.3 Å². The number of rotatable bonds is 3. The highest BCUT2D eigenvalue weighted by Gasteiger charge is 2.34. The van der Waals surface area contributed by atoms with Crippen molar-refractivity contribution in [1.82, 2.24) is 4.90 Å². The lowest BCUT2D eigenvalue weighted by Gasteiger charge is -2.26. The van der Waals surface area contributed by atoms with Crippen molar-refractivity contribution in [2.24, 2.45) is 5.16 Å². The molecule has 29 heavy (non-hydrogen) atoms. The Morgan fingerprint density at radius 2 is 1.66 bits per heavy atom. The van der Waals surface area contributed by atoms with Gasteiger partial charge >= 0.3 is 5.97 Å². The number of carbonyl (C=O) groups is 2. The molecule has 1 amide bonds. The standard InChI is InChI=1S/C20H19ClN2O5S/c21-16-9-7-8-15(14-16)20(25)28-22-18(19(24)23-12-5-2-6-13-23)29(26,27)17-10-3-1-4-11-17/h1,3-4,7-11,14H,2,5-6,12-13H2. The van der Waals surface area contributed by atoms with Gasteiger partial charge in [-0.3, -0.25) is 4.79 Å². The Morgan fingerprint density at radius 1 is 0.966 bits per heavy atom. The molecule has 2 aromatic carbocycles. The van der Waals surface area contributed by atoms with E-state index in [4.69, 9.17) is 16.4 Å². The minimum Gasteiger partial charge on any atom is -0.337 e. The van der Waals surface area contributed by atoms with Gasteiger partial charge in [0, 0.05) is 18.1 Å². The maximum absolute atomic E-state index is 13.0. The molecule has 0 N–H and O–H groups in total. The van der Waals surface area contributed by atoms with Crippen LogP contribution in [0.25, 0.3) is 0 Å². The quantitative estimate of drug-likeness (QED) is 0.320. The van der Waals surface area contributed by atoms with Gasteiger partial charge in [0.05, 0.1) is 10.5 Å². The molecule has 0 unspecified atom stereocenters. The van der Waals surface area contributed by atoms with E-state index in [0.717, 1.165) is 19.3 Å². The second kappa shape index (κ2) is 9.19. The second-order valence-electron chi connectivity index (χ2n) is 6.45. The van der Waals surface area contributed by atoms with Crippen molar-refractivity contribution in [2.45, 2.75) is 24.2 Å². The molecule has 0 bridgehead atoms. The number of piperidine rings is 1. The summed E-state index contributed by atoms with van der Waals surface area (Å²) in [5, 5.41) is 2.99. The van der Waals surface area contributed by atoms with Crippen LogP contribution >= 0.6 is 11.6 Å². The van der Waals surface area contributed by atoms with Crippen molar-refractivity contribution in [3.05, 3.63) is 65.2 Å². The SMILES string of the molecule is O=C(ON=C(C(=O)N1CCCCC1)S(=O)(=O)c1ccccc1)c1cccc(Cl)c1.